The first-order chi connectivity index (χ1) is 16.2. The molecule has 1 amide bonds. The van der Waals surface area contributed by atoms with E-state index in [-0.39, 0.29) is 10.6 Å². The lowest BCUT2D eigenvalue weighted by atomic mass is 10.2. The monoisotopic (exact) mass is 459 g/mol. The van der Waals surface area contributed by atoms with Gasteiger partial charge in [0.15, 0.2) is 10.6 Å². The number of unbranched alkanes of at least 4 members (excludes halogenated alkanes) is 3. The van der Waals surface area contributed by atoms with E-state index >= 15 is 0 Å². The van der Waals surface area contributed by atoms with Gasteiger partial charge in [-0.15, -0.1) is 11.3 Å². The molecule has 33 heavy (non-hydrogen) atoms. The number of hydrogen-bond acceptors (Lipinski definition) is 7. The molecule has 0 saturated heterocycles. The van der Waals surface area contributed by atoms with Crippen molar-refractivity contribution < 1.29 is 19.1 Å². The first-order valence-electron chi connectivity index (χ1n) is 10.6. The Labute approximate surface area is 194 Å². The number of ether oxygens (including phenoxy) is 2. The lowest BCUT2D eigenvalue weighted by molar-refractivity contribution is 0.0737. The molecular formula is C25H21N3O4S. The zero-order valence-electron chi connectivity index (χ0n) is 17.7. The van der Waals surface area contributed by atoms with E-state index in [1.807, 2.05) is 36.4 Å². The third-order valence-corrected chi connectivity index (χ3v) is 5.97. The number of carbonyl (C=O) groups excluding carboxylic acids is 2. The van der Waals surface area contributed by atoms with Crippen molar-refractivity contribution in [3.8, 4) is 17.6 Å². The van der Waals surface area contributed by atoms with Crippen LogP contribution in [0.5, 0.6) is 11.5 Å². The van der Waals surface area contributed by atoms with E-state index < -0.39 is 12.1 Å². The van der Waals surface area contributed by atoms with Gasteiger partial charge in [0.1, 0.15) is 10.6 Å². The molecule has 0 bridgehead atoms. The molecule has 4 rings (SSSR count). The van der Waals surface area contributed by atoms with Gasteiger partial charge in [0.2, 0.25) is 0 Å². The topological polar surface area (TPSA) is 101 Å². The Hall–Kier alpha value is -3.96. The van der Waals surface area contributed by atoms with Crippen molar-refractivity contribution in [1.29, 1.82) is 5.26 Å². The predicted octanol–water partition coefficient (Wildman–Crippen LogP) is 5.84. The summed E-state index contributed by atoms with van der Waals surface area (Å²) in [7, 11) is 0. The summed E-state index contributed by atoms with van der Waals surface area (Å²) >= 11 is 1.12. The highest BCUT2D eigenvalue weighted by Gasteiger charge is 2.25. The number of hydrogen-bond donors (Lipinski definition) is 1. The van der Waals surface area contributed by atoms with E-state index in [0.29, 0.717) is 28.9 Å². The molecule has 0 unspecified atom stereocenters. The van der Waals surface area contributed by atoms with Gasteiger partial charge in [-0.2, -0.15) is 5.26 Å². The summed E-state index contributed by atoms with van der Waals surface area (Å²) in [6.07, 6.45) is 2.20. The molecular weight excluding hydrogens is 438 g/mol. The molecule has 0 spiro atoms. The fourth-order valence-corrected chi connectivity index (χ4v) is 4.27. The number of nitrogens with one attached hydrogen (secondary N) is 1. The van der Waals surface area contributed by atoms with Crippen LogP contribution in [0.1, 0.15) is 35.4 Å². The van der Waals surface area contributed by atoms with Crippen LogP contribution in [-0.4, -0.2) is 23.6 Å². The van der Waals surface area contributed by atoms with Gasteiger partial charge in [0, 0.05) is 18.4 Å². The Bertz CT molecular complexity index is 1330. The molecule has 0 atom stereocenters. The number of thiophene rings is 1. The van der Waals surface area contributed by atoms with Crippen molar-refractivity contribution in [3.63, 3.8) is 0 Å². The van der Waals surface area contributed by atoms with Crippen molar-refractivity contribution in [2.24, 2.45) is 0 Å². The van der Waals surface area contributed by atoms with Gasteiger partial charge < -0.3 is 14.8 Å². The van der Waals surface area contributed by atoms with E-state index in [2.05, 4.69) is 16.4 Å². The Morgan fingerprint density at radius 1 is 1.00 bits per heavy atom. The van der Waals surface area contributed by atoms with Crippen LogP contribution in [0.15, 0.2) is 60.7 Å². The van der Waals surface area contributed by atoms with Gasteiger partial charge in [0.05, 0.1) is 17.0 Å². The van der Waals surface area contributed by atoms with Gasteiger partial charge in [0.25, 0.3) is 0 Å². The minimum Gasteiger partial charge on any atom is -0.422 e. The Morgan fingerprint density at radius 2 is 1.79 bits per heavy atom. The number of carbonyl (C=O) groups is 2. The number of benzene rings is 2. The zero-order chi connectivity index (χ0) is 23.0. The minimum absolute atomic E-state index is 0.135. The first-order valence-corrected chi connectivity index (χ1v) is 11.4. The summed E-state index contributed by atoms with van der Waals surface area (Å²) in [6, 6.07) is 20.3. The maximum atomic E-state index is 13.0. The van der Waals surface area contributed by atoms with Crippen molar-refractivity contribution in [3.05, 3.63) is 65.5 Å². The summed E-state index contributed by atoms with van der Waals surface area (Å²) in [4.78, 5) is 30.8. The quantitative estimate of drug-likeness (QED) is 0.202. The molecule has 0 aliphatic carbocycles. The van der Waals surface area contributed by atoms with E-state index in [1.165, 1.54) is 0 Å². The van der Waals surface area contributed by atoms with Crippen molar-refractivity contribution in [2.75, 3.05) is 6.54 Å². The SMILES string of the molecule is N#CCCCCCNC(=O)Oc1c(C(=O)Oc2ccccc2)sc2nc3ccccc3cc12. The normalized spacial score (nSPS) is 10.6. The van der Waals surface area contributed by atoms with Crippen LogP contribution >= 0.6 is 11.3 Å². The second-order valence-corrected chi connectivity index (χ2v) is 8.28. The summed E-state index contributed by atoms with van der Waals surface area (Å²) in [5, 5.41) is 12.7. The fourth-order valence-electron chi connectivity index (χ4n) is 3.31. The van der Waals surface area contributed by atoms with Gasteiger partial charge in [-0.3, -0.25) is 0 Å². The molecule has 0 aliphatic heterocycles. The smallest absolute Gasteiger partial charge is 0.412 e. The summed E-state index contributed by atoms with van der Waals surface area (Å²) in [6.45, 7) is 0.414. The number of pyridine rings is 1. The largest absolute Gasteiger partial charge is 0.422 e. The molecule has 1 N–H and O–H groups in total. The van der Waals surface area contributed by atoms with Crippen molar-refractivity contribution >= 4 is 44.5 Å². The summed E-state index contributed by atoms with van der Waals surface area (Å²) in [5.41, 5.74) is 0.780. The van der Waals surface area contributed by atoms with Crippen LogP contribution in [0.2, 0.25) is 0 Å². The van der Waals surface area contributed by atoms with Gasteiger partial charge in [-0.1, -0.05) is 42.8 Å². The van der Waals surface area contributed by atoms with Crippen molar-refractivity contribution in [1.82, 2.24) is 10.3 Å². The van der Waals surface area contributed by atoms with Crippen LogP contribution in [0, 0.1) is 11.3 Å². The summed E-state index contributed by atoms with van der Waals surface area (Å²) < 4.78 is 11.1. The van der Waals surface area contributed by atoms with E-state index in [9.17, 15) is 9.59 Å². The van der Waals surface area contributed by atoms with Gasteiger partial charge in [-0.05, 0) is 37.1 Å². The Balaban J connectivity index is 1.59. The number of aromatic nitrogens is 1. The second-order valence-electron chi connectivity index (χ2n) is 7.28. The number of amides is 1. The van der Waals surface area contributed by atoms with E-state index in [4.69, 9.17) is 14.7 Å². The maximum Gasteiger partial charge on any atom is 0.412 e. The highest BCUT2D eigenvalue weighted by Crippen LogP contribution is 2.39. The van der Waals surface area contributed by atoms with Crippen LogP contribution in [0.4, 0.5) is 4.79 Å². The van der Waals surface area contributed by atoms with Crippen LogP contribution in [0.25, 0.3) is 21.1 Å². The Kier molecular flexibility index (Phi) is 7.12. The van der Waals surface area contributed by atoms with E-state index in [1.54, 1.807) is 24.3 Å². The third kappa shape index (κ3) is 5.45. The number of rotatable bonds is 8. The Morgan fingerprint density at radius 3 is 2.61 bits per heavy atom. The molecule has 166 valence electrons. The van der Waals surface area contributed by atoms with E-state index in [0.717, 1.165) is 41.5 Å². The highest BCUT2D eigenvalue weighted by molar-refractivity contribution is 7.20. The minimum atomic E-state index is -0.656. The molecule has 0 fully saturated rings. The summed E-state index contributed by atoms with van der Waals surface area (Å²) in [5.74, 6) is -0.0884. The van der Waals surface area contributed by atoms with Crippen LogP contribution in [0.3, 0.4) is 0 Å². The number of fused-ring (bicyclic) bond motifs is 2. The molecule has 4 aromatic rings. The molecule has 0 radical (unpaired) electrons. The molecule has 8 heteroatoms. The average molecular weight is 460 g/mol. The number of nitriles is 1. The lowest BCUT2D eigenvalue weighted by Gasteiger charge is -2.08. The predicted molar refractivity (Wildman–Crippen MR) is 127 cm³/mol. The van der Waals surface area contributed by atoms with Crippen LogP contribution in [-0.2, 0) is 0 Å². The van der Waals surface area contributed by atoms with Crippen molar-refractivity contribution in [2.45, 2.75) is 25.7 Å². The standard InChI is InChI=1S/C25H21N3O4S/c26-14-8-1-2-9-15-27-25(30)32-21-19-16-17-10-6-7-13-20(17)28-23(19)33-22(21)24(29)31-18-11-4-3-5-12-18/h3-7,10-13,16H,1-2,8-9,15H2,(H,27,30). The zero-order valence-corrected chi connectivity index (χ0v) is 18.6. The molecule has 0 saturated carbocycles. The molecule has 2 aromatic heterocycles. The lowest BCUT2D eigenvalue weighted by Crippen LogP contribution is -2.28. The van der Waals surface area contributed by atoms with Gasteiger partial charge in [-0.25, -0.2) is 14.6 Å². The third-order valence-electron chi connectivity index (χ3n) is 4.91. The fraction of sp³-hybridized carbons (Fsp3) is 0.200. The maximum absolute atomic E-state index is 13.0. The molecule has 2 heterocycles. The number of nitrogens with zero attached hydrogens (tertiary/aromatic N) is 2. The first kappa shape index (κ1) is 22.2. The van der Waals surface area contributed by atoms with Crippen LogP contribution < -0.4 is 14.8 Å². The molecule has 7 nitrogen and oxygen atoms in total. The molecule has 0 aliphatic rings. The van der Waals surface area contributed by atoms with Gasteiger partial charge >= 0.3 is 12.1 Å². The second kappa shape index (κ2) is 10.6. The molecule has 2 aromatic carbocycles. The number of para-hydroxylation sites is 2. The highest BCUT2D eigenvalue weighted by atomic mass is 32.1. The average Bonchev–Trinajstić information content (AvgIpc) is 3.17. The number of esters is 1.